The highest BCUT2D eigenvalue weighted by Crippen LogP contribution is 2.29. The molecule has 1 aromatic rings. The van der Waals surface area contributed by atoms with Crippen molar-refractivity contribution in [2.45, 2.75) is 42.7 Å². The largest absolute Gasteiger partial charge is 0.349 e. The van der Waals surface area contributed by atoms with Crippen molar-refractivity contribution in [3.8, 4) is 12.3 Å². The van der Waals surface area contributed by atoms with Gasteiger partial charge in [0, 0.05) is 30.7 Å². The second-order valence-electron chi connectivity index (χ2n) is 6.57. The second kappa shape index (κ2) is 7.56. The zero-order valence-electron chi connectivity index (χ0n) is 14.1. The van der Waals surface area contributed by atoms with Gasteiger partial charge < -0.3 is 10.2 Å². The van der Waals surface area contributed by atoms with Crippen molar-refractivity contribution < 1.29 is 13.2 Å². The Morgan fingerprint density at radius 2 is 1.80 bits per heavy atom. The summed E-state index contributed by atoms with van der Waals surface area (Å²) in [5, 5.41) is 3.05. The number of carbonyl (C=O) groups is 1. The first kappa shape index (κ1) is 17.9. The van der Waals surface area contributed by atoms with Gasteiger partial charge in [-0.15, -0.1) is 6.42 Å². The Balaban J connectivity index is 1.55. The molecule has 0 unspecified atom stereocenters. The van der Waals surface area contributed by atoms with Crippen LogP contribution in [0.15, 0.2) is 29.2 Å². The number of sulfonamides is 1. The van der Waals surface area contributed by atoms with E-state index in [0.717, 1.165) is 32.0 Å². The van der Waals surface area contributed by atoms with E-state index >= 15 is 0 Å². The Morgan fingerprint density at radius 3 is 2.36 bits per heavy atom. The molecule has 1 heterocycles. The SMILES string of the molecule is C#CCNS(=O)(=O)c1ccc(C(=O)NC2CCN(C3CC3)CC2)cc1. The quantitative estimate of drug-likeness (QED) is 0.740. The molecule has 25 heavy (non-hydrogen) atoms. The summed E-state index contributed by atoms with van der Waals surface area (Å²) in [6.45, 7) is 2.01. The van der Waals surface area contributed by atoms with E-state index in [1.165, 1.54) is 37.1 Å². The fourth-order valence-corrected chi connectivity index (χ4v) is 4.06. The third kappa shape index (κ3) is 4.60. The highest BCUT2D eigenvalue weighted by Gasteiger charge is 2.32. The Hall–Kier alpha value is -1.88. The number of carbonyl (C=O) groups excluding carboxylic acids is 1. The lowest BCUT2D eigenvalue weighted by Gasteiger charge is -2.32. The smallest absolute Gasteiger partial charge is 0.251 e. The lowest BCUT2D eigenvalue weighted by molar-refractivity contribution is 0.0909. The van der Waals surface area contributed by atoms with Crippen LogP contribution in [0.1, 0.15) is 36.0 Å². The van der Waals surface area contributed by atoms with E-state index < -0.39 is 10.0 Å². The number of likely N-dealkylation sites (tertiary alicyclic amines) is 1. The first-order chi connectivity index (χ1) is 12.0. The number of rotatable bonds is 6. The molecule has 1 aliphatic heterocycles. The molecular formula is C18H23N3O3S. The van der Waals surface area contributed by atoms with Crippen LogP contribution in [0.25, 0.3) is 0 Å². The van der Waals surface area contributed by atoms with Gasteiger partial charge >= 0.3 is 0 Å². The predicted octanol–water partition coefficient (Wildman–Crippen LogP) is 0.955. The zero-order chi connectivity index (χ0) is 17.9. The van der Waals surface area contributed by atoms with Gasteiger partial charge in [0.1, 0.15) is 0 Å². The van der Waals surface area contributed by atoms with Crippen molar-refractivity contribution in [2.24, 2.45) is 0 Å². The Morgan fingerprint density at radius 1 is 1.16 bits per heavy atom. The highest BCUT2D eigenvalue weighted by molar-refractivity contribution is 7.89. The van der Waals surface area contributed by atoms with Gasteiger partial charge in [-0.1, -0.05) is 5.92 Å². The van der Waals surface area contributed by atoms with E-state index in [9.17, 15) is 13.2 Å². The molecule has 0 aromatic heterocycles. The molecule has 6 nitrogen and oxygen atoms in total. The average molecular weight is 361 g/mol. The molecule has 2 fully saturated rings. The lowest BCUT2D eigenvalue weighted by atomic mass is 10.0. The molecule has 0 atom stereocenters. The lowest BCUT2D eigenvalue weighted by Crippen LogP contribution is -2.45. The first-order valence-electron chi connectivity index (χ1n) is 8.58. The molecule has 0 bridgehead atoms. The van der Waals surface area contributed by atoms with E-state index in [1.54, 1.807) is 0 Å². The second-order valence-corrected chi connectivity index (χ2v) is 8.33. The summed E-state index contributed by atoms with van der Waals surface area (Å²) < 4.78 is 26.2. The van der Waals surface area contributed by atoms with E-state index in [0.29, 0.717) is 5.56 Å². The molecule has 0 radical (unpaired) electrons. The van der Waals surface area contributed by atoms with Crippen LogP contribution in [0, 0.1) is 12.3 Å². The number of hydrogen-bond acceptors (Lipinski definition) is 4. The average Bonchev–Trinajstić information content (AvgIpc) is 3.46. The van der Waals surface area contributed by atoms with Crippen molar-refractivity contribution in [3.05, 3.63) is 29.8 Å². The molecule has 0 spiro atoms. The molecule has 1 saturated heterocycles. The molecule has 7 heteroatoms. The maximum Gasteiger partial charge on any atom is 0.251 e. The van der Waals surface area contributed by atoms with Crippen LogP contribution in [0.4, 0.5) is 0 Å². The predicted molar refractivity (Wildman–Crippen MR) is 95.5 cm³/mol. The summed E-state index contributed by atoms with van der Waals surface area (Å²) >= 11 is 0. The van der Waals surface area contributed by atoms with E-state index in [2.05, 4.69) is 20.9 Å². The Labute approximate surface area is 149 Å². The minimum Gasteiger partial charge on any atom is -0.349 e. The van der Waals surface area contributed by atoms with Crippen LogP contribution < -0.4 is 10.0 Å². The van der Waals surface area contributed by atoms with E-state index in [4.69, 9.17) is 6.42 Å². The first-order valence-corrected chi connectivity index (χ1v) is 10.1. The molecule has 1 aromatic carbocycles. The third-order valence-corrected chi connectivity index (χ3v) is 6.14. The van der Waals surface area contributed by atoms with Crippen molar-refractivity contribution in [1.29, 1.82) is 0 Å². The number of hydrogen-bond donors (Lipinski definition) is 2. The van der Waals surface area contributed by atoms with Crippen molar-refractivity contribution in [2.75, 3.05) is 19.6 Å². The van der Waals surface area contributed by atoms with Crippen molar-refractivity contribution in [1.82, 2.24) is 14.9 Å². The van der Waals surface area contributed by atoms with E-state index in [-0.39, 0.29) is 23.4 Å². The van der Waals surface area contributed by atoms with E-state index in [1.807, 2.05) is 0 Å². The summed E-state index contributed by atoms with van der Waals surface area (Å²) in [7, 11) is -3.63. The van der Waals surface area contributed by atoms with Crippen LogP contribution in [0.2, 0.25) is 0 Å². The monoisotopic (exact) mass is 361 g/mol. The highest BCUT2D eigenvalue weighted by atomic mass is 32.2. The number of piperidine rings is 1. The molecule has 1 amide bonds. The minimum atomic E-state index is -3.63. The third-order valence-electron chi connectivity index (χ3n) is 4.72. The molecule has 1 saturated carbocycles. The van der Waals surface area contributed by atoms with Gasteiger partial charge in [-0.25, -0.2) is 8.42 Å². The topological polar surface area (TPSA) is 78.5 Å². The normalized spacial score (nSPS) is 19.3. The maximum absolute atomic E-state index is 12.4. The maximum atomic E-state index is 12.4. The molecule has 2 aliphatic rings. The van der Waals surface area contributed by atoms with Crippen molar-refractivity contribution >= 4 is 15.9 Å². The number of amides is 1. The molecule has 3 rings (SSSR count). The standard InChI is InChI=1S/C18H23N3O3S/c1-2-11-19-25(23,24)17-7-3-14(4-8-17)18(22)20-15-9-12-21(13-10-15)16-5-6-16/h1,3-4,7-8,15-16,19H,5-6,9-13H2,(H,20,22). The Kier molecular flexibility index (Phi) is 5.42. The summed E-state index contributed by atoms with van der Waals surface area (Å²) in [6.07, 6.45) is 9.60. The van der Waals surface area contributed by atoms with Crippen LogP contribution in [-0.4, -0.2) is 50.9 Å². The van der Waals surface area contributed by atoms with Crippen LogP contribution in [0.5, 0.6) is 0 Å². The zero-order valence-corrected chi connectivity index (χ0v) is 14.9. The fourth-order valence-electron chi connectivity index (χ4n) is 3.12. The van der Waals surface area contributed by atoms with Gasteiger partial charge in [0.05, 0.1) is 11.4 Å². The van der Waals surface area contributed by atoms with Gasteiger partial charge in [0.25, 0.3) is 5.91 Å². The van der Waals surface area contributed by atoms with Gasteiger partial charge in [-0.05, 0) is 49.9 Å². The summed E-state index contributed by atoms with van der Waals surface area (Å²) in [4.78, 5) is 15.0. The molecule has 134 valence electrons. The molecule has 1 aliphatic carbocycles. The number of benzene rings is 1. The van der Waals surface area contributed by atoms with Crippen LogP contribution in [-0.2, 0) is 10.0 Å². The van der Waals surface area contributed by atoms with Gasteiger partial charge in [-0.3, -0.25) is 4.79 Å². The molecular weight excluding hydrogens is 338 g/mol. The molecule has 2 N–H and O–H groups in total. The summed E-state index contributed by atoms with van der Waals surface area (Å²) in [5.41, 5.74) is 0.459. The van der Waals surface area contributed by atoms with Crippen LogP contribution in [0.3, 0.4) is 0 Å². The minimum absolute atomic E-state index is 0.0654. The summed E-state index contributed by atoms with van der Waals surface area (Å²) in [6, 6.07) is 6.85. The Bertz CT molecular complexity index is 756. The fraction of sp³-hybridized carbons (Fsp3) is 0.500. The van der Waals surface area contributed by atoms with Gasteiger partial charge in [0.2, 0.25) is 10.0 Å². The van der Waals surface area contributed by atoms with Gasteiger partial charge in [-0.2, -0.15) is 4.72 Å². The van der Waals surface area contributed by atoms with Crippen LogP contribution >= 0.6 is 0 Å². The van der Waals surface area contributed by atoms with Crippen molar-refractivity contribution in [3.63, 3.8) is 0 Å². The number of nitrogens with zero attached hydrogens (tertiary/aromatic N) is 1. The summed E-state index contributed by atoms with van der Waals surface area (Å²) in [5.74, 6) is 2.06. The number of nitrogens with one attached hydrogen (secondary N) is 2. The number of terminal acetylenes is 1. The van der Waals surface area contributed by atoms with Gasteiger partial charge in [0.15, 0.2) is 0 Å².